The van der Waals surface area contributed by atoms with Gasteiger partial charge in [-0.2, -0.15) is 4.98 Å². The van der Waals surface area contributed by atoms with Gasteiger partial charge < -0.3 is 14.9 Å². The van der Waals surface area contributed by atoms with Gasteiger partial charge in [0.15, 0.2) is 5.82 Å². The molecule has 7 heteroatoms. The van der Waals surface area contributed by atoms with Gasteiger partial charge in [0.1, 0.15) is 4.88 Å². The molecule has 0 amide bonds. The van der Waals surface area contributed by atoms with Crippen LogP contribution >= 0.6 is 11.3 Å². The van der Waals surface area contributed by atoms with Gasteiger partial charge in [-0.3, -0.25) is 0 Å². The topological polar surface area (TPSA) is 88.2 Å². The van der Waals surface area contributed by atoms with Crippen LogP contribution in [0.25, 0.3) is 10.1 Å². The maximum Gasteiger partial charge on any atom is 0.346 e. The summed E-state index contributed by atoms with van der Waals surface area (Å²) in [5.41, 5.74) is 0.793. The van der Waals surface area contributed by atoms with E-state index in [0.29, 0.717) is 23.8 Å². The maximum absolute atomic E-state index is 11.3. The van der Waals surface area contributed by atoms with Crippen LogP contribution in [0.1, 0.15) is 21.1 Å². The van der Waals surface area contributed by atoms with Crippen molar-refractivity contribution in [2.75, 3.05) is 0 Å². The molecule has 102 valence electrons. The van der Waals surface area contributed by atoms with Gasteiger partial charge in [0.05, 0.1) is 6.54 Å². The second-order valence-electron chi connectivity index (χ2n) is 4.16. The number of rotatable bonds is 5. The van der Waals surface area contributed by atoms with E-state index in [1.807, 2.05) is 24.3 Å². The third-order valence-electron chi connectivity index (χ3n) is 2.88. The molecule has 0 aliphatic carbocycles. The summed E-state index contributed by atoms with van der Waals surface area (Å²) in [5, 5.41) is 17.1. The summed E-state index contributed by atoms with van der Waals surface area (Å²) in [5.74, 6) is -0.357. The van der Waals surface area contributed by atoms with Crippen molar-refractivity contribution in [3.05, 3.63) is 46.9 Å². The molecule has 0 aliphatic rings. The number of benzene rings is 1. The lowest BCUT2D eigenvalue weighted by atomic mass is 10.1. The third-order valence-corrected chi connectivity index (χ3v) is 4.09. The third kappa shape index (κ3) is 2.40. The van der Waals surface area contributed by atoms with Crippen LogP contribution < -0.4 is 5.32 Å². The van der Waals surface area contributed by atoms with Gasteiger partial charge in [0.25, 0.3) is 0 Å². The summed E-state index contributed by atoms with van der Waals surface area (Å²) in [6.45, 7) is 0.875. The zero-order chi connectivity index (χ0) is 13.9. The Balaban J connectivity index is 1.85. The number of nitrogens with one attached hydrogen (secondary N) is 1. The minimum atomic E-state index is -0.900. The molecule has 3 rings (SSSR count). The zero-order valence-electron chi connectivity index (χ0n) is 10.4. The molecule has 0 atom stereocenters. The fourth-order valence-corrected chi connectivity index (χ4v) is 3.08. The monoisotopic (exact) mass is 289 g/mol. The molecule has 1 aromatic carbocycles. The summed E-state index contributed by atoms with van der Waals surface area (Å²) < 4.78 is 5.61. The van der Waals surface area contributed by atoms with E-state index in [1.165, 1.54) is 17.7 Å². The van der Waals surface area contributed by atoms with E-state index in [0.717, 1.165) is 15.6 Å². The molecule has 3 aromatic rings. The minimum absolute atomic E-state index is 0.367. The molecule has 2 N–H and O–H groups in total. The van der Waals surface area contributed by atoms with Crippen LogP contribution in [-0.2, 0) is 13.1 Å². The average molecular weight is 289 g/mol. The largest absolute Gasteiger partial charge is 0.477 e. The molecule has 0 saturated heterocycles. The lowest BCUT2D eigenvalue weighted by Gasteiger charge is -2.03. The van der Waals surface area contributed by atoms with Crippen LogP contribution in [0.15, 0.2) is 35.2 Å². The van der Waals surface area contributed by atoms with E-state index in [1.54, 1.807) is 0 Å². The van der Waals surface area contributed by atoms with Crippen molar-refractivity contribution >= 4 is 27.4 Å². The number of carboxylic acid groups (broad SMARTS) is 1. The Kier molecular flexibility index (Phi) is 3.44. The molecule has 0 fully saturated rings. The number of aromatic carboxylic acids is 1. The molecule has 0 aliphatic heterocycles. The summed E-state index contributed by atoms with van der Waals surface area (Å²) in [4.78, 5) is 15.6. The summed E-state index contributed by atoms with van der Waals surface area (Å²) in [7, 11) is 0. The van der Waals surface area contributed by atoms with E-state index in [2.05, 4.69) is 20.0 Å². The Labute approximate surface area is 118 Å². The van der Waals surface area contributed by atoms with Crippen molar-refractivity contribution in [1.82, 2.24) is 15.5 Å². The summed E-state index contributed by atoms with van der Waals surface area (Å²) in [6.07, 6.45) is 1.26. The Bertz CT molecular complexity index is 736. The fourth-order valence-electron chi connectivity index (χ4n) is 2.02. The van der Waals surface area contributed by atoms with Crippen LogP contribution in [0.5, 0.6) is 0 Å². The highest BCUT2D eigenvalue weighted by molar-refractivity contribution is 7.21. The molecule has 0 unspecified atom stereocenters. The van der Waals surface area contributed by atoms with Gasteiger partial charge in [-0.1, -0.05) is 23.4 Å². The smallest absolute Gasteiger partial charge is 0.346 e. The van der Waals surface area contributed by atoms with Gasteiger partial charge in [-0.05, 0) is 17.0 Å². The van der Waals surface area contributed by atoms with E-state index >= 15 is 0 Å². The van der Waals surface area contributed by atoms with Crippen LogP contribution in [0, 0.1) is 0 Å². The first-order chi connectivity index (χ1) is 9.75. The second-order valence-corrected chi connectivity index (χ2v) is 5.21. The molecule has 6 nitrogen and oxygen atoms in total. The van der Waals surface area contributed by atoms with Crippen molar-refractivity contribution in [3.8, 4) is 0 Å². The number of aromatic nitrogens is 2. The number of hydrogen-bond donors (Lipinski definition) is 2. The van der Waals surface area contributed by atoms with Crippen molar-refractivity contribution in [2.24, 2.45) is 0 Å². The van der Waals surface area contributed by atoms with E-state index < -0.39 is 5.97 Å². The quantitative estimate of drug-likeness (QED) is 0.749. The number of hydrogen-bond acceptors (Lipinski definition) is 6. The average Bonchev–Trinajstić information content (AvgIpc) is 3.07. The molecule has 2 heterocycles. The molecule has 2 aromatic heterocycles. The van der Waals surface area contributed by atoms with Crippen molar-refractivity contribution in [3.63, 3.8) is 0 Å². The molecule has 0 spiro atoms. The van der Waals surface area contributed by atoms with Gasteiger partial charge in [-0.15, -0.1) is 11.3 Å². The van der Waals surface area contributed by atoms with Crippen LogP contribution in [0.2, 0.25) is 0 Å². The van der Waals surface area contributed by atoms with E-state index in [4.69, 9.17) is 0 Å². The molecule has 0 bridgehead atoms. The van der Waals surface area contributed by atoms with Gasteiger partial charge in [0, 0.05) is 11.2 Å². The predicted molar refractivity (Wildman–Crippen MR) is 73.6 cm³/mol. The highest BCUT2D eigenvalue weighted by Crippen LogP contribution is 2.31. The number of carboxylic acids is 1. The number of thiophene rings is 1. The highest BCUT2D eigenvalue weighted by atomic mass is 32.1. The first-order valence-corrected chi connectivity index (χ1v) is 6.77. The Hall–Kier alpha value is -2.25. The molecular weight excluding hydrogens is 278 g/mol. The first kappa shape index (κ1) is 12.8. The van der Waals surface area contributed by atoms with Crippen LogP contribution in [0.3, 0.4) is 0 Å². The molecule has 0 radical (unpaired) electrons. The highest BCUT2D eigenvalue weighted by Gasteiger charge is 2.17. The van der Waals surface area contributed by atoms with Crippen molar-refractivity contribution in [1.29, 1.82) is 0 Å². The Morgan fingerprint density at radius 1 is 1.35 bits per heavy atom. The van der Waals surface area contributed by atoms with Gasteiger partial charge >= 0.3 is 5.97 Å². The van der Waals surface area contributed by atoms with E-state index in [-0.39, 0.29) is 0 Å². The number of carbonyl (C=O) groups is 1. The fraction of sp³-hybridized carbons (Fsp3) is 0.154. The first-order valence-electron chi connectivity index (χ1n) is 5.95. The SMILES string of the molecule is O=C(O)c1sc2ccccc2c1CNCc1ncon1. The van der Waals surface area contributed by atoms with Gasteiger partial charge in [0.2, 0.25) is 6.39 Å². The number of nitrogens with zero attached hydrogens (tertiary/aromatic N) is 2. The maximum atomic E-state index is 11.3. The standard InChI is InChI=1S/C13H11N3O3S/c17-13(18)12-9(5-14-6-11-15-7-19-16-11)8-3-1-2-4-10(8)20-12/h1-4,7,14H,5-6H2,(H,17,18). The van der Waals surface area contributed by atoms with Crippen molar-refractivity contribution < 1.29 is 14.4 Å². The zero-order valence-corrected chi connectivity index (χ0v) is 11.2. The summed E-state index contributed by atoms with van der Waals surface area (Å²) in [6, 6.07) is 7.67. The molecular formula is C13H11N3O3S. The second kappa shape index (κ2) is 5.40. The van der Waals surface area contributed by atoms with Gasteiger partial charge in [-0.25, -0.2) is 4.79 Å². The molecule has 0 saturated carbocycles. The molecule has 20 heavy (non-hydrogen) atoms. The van der Waals surface area contributed by atoms with Crippen LogP contribution in [0.4, 0.5) is 0 Å². The lowest BCUT2D eigenvalue weighted by molar-refractivity contribution is 0.0701. The van der Waals surface area contributed by atoms with Crippen LogP contribution in [-0.4, -0.2) is 21.2 Å². The Morgan fingerprint density at radius 3 is 2.95 bits per heavy atom. The summed E-state index contributed by atoms with van der Waals surface area (Å²) >= 11 is 1.29. The van der Waals surface area contributed by atoms with E-state index in [9.17, 15) is 9.90 Å². The number of fused-ring (bicyclic) bond motifs is 1. The Morgan fingerprint density at radius 2 is 2.20 bits per heavy atom. The lowest BCUT2D eigenvalue weighted by Crippen LogP contribution is -2.15. The predicted octanol–water partition coefficient (Wildman–Crippen LogP) is 2.27. The van der Waals surface area contributed by atoms with Crippen molar-refractivity contribution in [2.45, 2.75) is 13.1 Å². The minimum Gasteiger partial charge on any atom is -0.477 e. The normalized spacial score (nSPS) is 11.0.